The number of aromatic nitrogens is 1. The molecule has 0 saturated heterocycles. The SMILES string of the molecule is Cc1ccc(-c2nc(/C(C#N)=C\c3cccc([N+](=O)[O-])c3)sc2C)cc1. The fourth-order valence-corrected chi connectivity index (χ4v) is 3.43. The van der Waals surface area contributed by atoms with Crippen LogP contribution < -0.4 is 0 Å². The average Bonchev–Trinajstić information content (AvgIpc) is 3.02. The van der Waals surface area contributed by atoms with Crippen LogP contribution >= 0.6 is 11.3 Å². The first-order chi connectivity index (χ1) is 12.5. The van der Waals surface area contributed by atoms with Gasteiger partial charge in [-0.3, -0.25) is 10.1 Å². The zero-order chi connectivity index (χ0) is 18.7. The van der Waals surface area contributed by atoms with Crippen LogP contribution in [-0.2, 0) is 0 Å². The summed E-state index contributed by atoms with van der Waals surface area (Å²) in [7, 11) is 0. The third-order valence-electron chi connectivity index (χ3n) is 3.86. The molecule has 0 atom stereocenters. The molecule has 26 heavy (non-hydrogen) atoms. The standard InChI is InChI=1S/C20H15N3O2S/c1-13-6-8-16(9-7-13)19-14(2)26-20(22-19)17(12-21)10-15-4-3-5-18(11-15)23(24)25/h3-11H,1-2H3/b17-10-. The minimum absolute atomic E-state index is 0.00768. The number of hydrogen-bond donors (Lipinski definition) is 0. The molecule has 3 aromatic rings. The Morgan fingerprint density at radius 3 is 2.62 bits per heavy atom. The molecule has 0 spiro atoms. The van der Waals surface area contributed by atoms with E-state index in [4.69, 9.17) is 0 Å². The molecule has 0 unspecified atom stereocenters. The van der Waals surface area contributed by atoms with E-state index < -0.39 is 4.92 Å². The molecule has 3 rings (SSSR count). The molecule has 0 bridgehead atoms. The highest BCUT2D eigenvalue weighted by molar-refractivity contribution is 7.13. The second kappa shape index (κ2) is 7.30. The van der Waals surface area contributed by atoms with Gasteiger partial charge in [-0.05, 0) is 25.5 Å². The molecular formula is C20H15N3O2S. The van der Waals surface area contributed by atoms with E-state index in [-0.39, 0.29) is 5.69 Å². The van der Waals surface area contributed by atoms with Crippen LogP contribution in [0.3, 0.4) is 0 Å². The predicted molar refractivity (Wildman–Crippen MR) is 104 cm³/mol. The number of nitriles is 1. The van der Waals surface area contributed by atoms with Crippen molar-refractivity contribution in [2.75, 3.05) is 0 Å². The van der Waals surface area contributed by atoms with Gasteiger partial charge in [0.25, 0.3) is 5.69 Å². The van der Waals surface area contributed by atoms with Crippen molar-refractivity contribution in [1.82, 2.24) is 4.98 Å². The van der Waals surface area contributed by atoms with Crippen molar-refractivity contribution in [3.05, 3.63) is 79.7 Å². The van der Waals surface area contributed by atoms with Gasteiger partial charge in [0, 0.05) is 22.6 Å². The highest BCUT2D eigenvalue weighted by Gasteiger charge is 2.14. The molecule has 0 radical (unpaired) electrons. The number of allylic oxidation sites excluding steroid dienone is 1. The molecular weight excluding hydrogens is 346 g/mol. The van der Waals surface area contributed by atoms with E-state index in [1.165, 1.54) is 29.0 Å². The Hall–Kier alpha value is -3.30. The summed E-state index contributed by atoms with van der Waals surface area (Å²) in [5.74, 6) is 0. The van der Waals surface area contributed by atoms with Gasteiger partial charge in [-0.1, -0.05) is 42.0 Å². The number of nitro groups is 1. The molecule has 0 N–H and O–H groups in total. The summed E-state index contributed by atoms with van der Waals surface area (Å²) in [6, 6.07) is 16.4. The van der Waals surface area contributed by atoms with Crippen LogP contribution in [0.1, 0.15) is 21.0 Å². The Kier molecular flexibility index (Phi) is 4.92. The maximum atomic E-state index is 10.9. The quantitative estimate of drug-likeness (QED) is 0.354. The fourth-order valence-electron chi connectivity index (χ4n) is 2.53. The molecule has 128 valence electrons. The van der Waals surface area contributed by atoms with Gasteiger partial charge in [-0.2, -0.15) is 5.26 Å². The number of nitrogens with zero attached hydrogens (tertiary/aromatic N) is 3. The van der Waals surface area contributed by atoms with Crippen LogP contribution in [0.4, 0.5) is 5.69 Å². The number of rotatable bonds is 4. The molecule has 2 aromatic carbocycles. The van der Waals surface area contributed by atoms with Crippen LogP contribution in [0, 0.1) is 35.3 Å². The topological polar surface area (TPSA) is 79.8 Å². The summed E-state index contributed by atoms with van der Waals surface area (Å²) in [5.41, 5.74) is 4.00. The molecule has 0 aliphatic rings. The molecule has 5 nitrogen and oxygen atoms in total. The molecule has 0 amide bonds. The lowest BCUT2D eigenvalue weighted by Gasteiger charge is -1.99. The predicted octanol–water partition coefficient (Wildman–Crippen LogP) is 5.40. The van der Waals surface area contributed by atoms with Crippen LogP contribution in [0.5, 0.6) is 0 Å². The van der Waals surface area contributed by atoms with Gasteiger partial charge in [0.1, 0.15) is 11.1 Å². The van der Waals surface area contributed by atoms with E-state index in [2.05, 4.69) is 11.1 Å². The maximum Gasteiger partial charge on any atom is 0.270 e. The van der Waals surface area contributed by atoms with E-state index in [0.29, 0.717) is 16.1 Å². The smallest absolute Gasteiger partial charge is 0.258 e. The minimum atomic E-state index is -0.452. The summed E-state index contributed by atoms with van der Waals surface area (Å²) >= 11 is 1.44. The van der Waals surface area contributed by atoms with Gasteiger partial charge in [-0.15, -0.1) is 11.3 Å². The van der Waals surface area contributed by atoms with Crippen molar-refractivity contribution in [2.45, 2.75) is 13.8 Å². The molecule has 0 saturated carbocycles. The van der Waals surface area contributed by atoms with Crippen molar-refractivity contribution < 1.29 is 4.92 Å². The molecule has 6 heteroatoms. The largest absolute Gasteiger partial charge is 0.270 e. The Balaban J connectivity index is 2.00. The van der Waals surface area contributed by atoms with Gasteiger partial charge in [0.05, 0.1) is 16.2 Å². The first-order valence-electron chi connectivity index (χ1n) is 7.89. The first-order valence-corrected chi connectivity index (χ1v) is 8.70. The first kappa shape index (κ1) is 17.5. The number of hydrogen-bond acceptors (Lipinski definition) is 5. The van der Waals surface area contributed by atoms with Crippen LogP contribution in [0.2, 0.25) is 0 Å². The third kappa shape index (κ3) is 3.68. The molecule has 1 aromatic heterocycles. The van der Waals surface area contributed by atoms with Gasteiger partial charge in [0.15, 0.2) is 0 Å². The molecule has 1 heterocycles. The lowest BCUT2D eigenvalue weighted by molar-refractivity contribution is -0.384. The normalized spacial score (nSPS) is 11.2. The van der Waals surface area contributed by atoms with Gasteiger partial charge in [-0.25, -0.2) is 4.98 Å². The van der Waals surface area contributed by atoms with E-state index in [1.807, 2.05) is 38.1 Å². The number of nitro benzene ring substituents is 1. The monoisotopic (exact) mass is 361 g/mol. The summed E-state index contributed by atoms with van der Waals surface area (Å²) in [6.45, 7) is 4.00. The summed E-state index contributed by atoms with van der Waals surface area (Å²) in [4.78, 5) is 16.1. The third-order valence-corrected chi connectivity index (χ3v) is 4.87. The zero-order valence-electron chi connectivity index (χ0n) is 14.3. The van der Waals surface area contributed by atoms with E-state index in [1.54, 1.807) is 18.2 Å². The van der Waals surface area contributed by atoms with Gasteiger partial charge >= 0.3 is 0 Å². The van der Waals surface area contributed by atoms with Crippen LogP contribution in [0.25, 0.3) is 22.9 Å². The Morgan fingerprint density at radius 1 is 1.23 bits per heavy atom. The average molecular weight is 361 g/mol. The lowest BCUT2D eigenvalue weighted by Crippen LogP contribution is -1.88. The Labute approximate surface area is 155 Å². The minimum Gasteiger partial charge on any atom is -0.258 e. The Bertz CT molecular complexity index is 1040. The van der Waals surface area contributed by atoms with E-state index in [9.17, 15) is 15.4 Å². The van der Waals surface area contributed by atoms with E-state index >= 15 is 0 Å². The maximum absolute atomic E-state index is 10.9. The van der Waals surface area contributed by atoms with Crippen molar-refractivity contribution in [2.24, 2.45) is 0 Å². The van der Waals surface area contributed by atoms with Crippen molar-refractivity contribution in [3.63, 3.8) is 0 Å². The van der Waals surface area contributed by atoms with Crippen molar-refractivity contribution in [3.8, 4) is 17.3 Å². The Morgan fingerprint density at radius 2 is 1.96 bits per heavy atom. The number of non-ortho nitro benzene ring substituents is 1. The van der Waals surface area contributed by atoms with Gasteiger partial charge < -0.3 is 0 Å². The lowest BCUT2D eigenvalue weighted by atomic mass is 10.1. The fraction of sp³-hybridized carbons (Fsp3) is 0.100. The zero-order valence-corrected chi connectivity index (χ0v) is 15.1. The van der Waals surface area contributed by atoms with Crippen LogP contribution in [-0.4, -0.2) is 9.91 Å². The number of aryl methyl sites for hydroxylation is 2. The van der Waals surface area contributed by atoms with Gasteiger partial charge in [0.2, 0.25) is 0 Å². The second-order valence-electron chi connectivity index (χ2n) is 5.81. The summed E-state index contributed by atoms with van der Waals surface area (Å²) in [6.07, 6.45) is 1.63. The molecule has 0 aliphatic carbocycles. The second-order valence-corrected chi connectivity index (χ2v) is 7.01. The van der Waals surface area contributed by atoms with Crippen molar-refractivity contribution >= 4 is 28.7 Å². The summed E-state index contributed by atoms with van der Waals surface area (Å²) < 4.78 is 0. The summed E-state index contributed by atoms with van der Waals surface area (Å²) in [5, 5.41) is 21.1. The van der Waals surface area contributed by atoms with E-state index in [0.717, 1.165) is 16.1 Å². The highest BCUT2D eigenvalue weighted by Crippen LogP contribution is 2.32. The van der Waals surface area contributed by atoms with Crippen molar-refractivity contribution in [1.29, 1.82) is 5.26 Å². The highest BCUT2D eigenvalue weighted by atomic mass is 32.1. The number of benzene rings is 2. The number of thiazole rings is 1. The molecule has 0 aliphatic heterocycles. The van der Waals surface area contributed by atoms with Crippen LogP contribution in [0.15, 0.2) is 48.5 Å². The molecule has 0 fully saturated rings.